The molecule has 134 valence electrons. The van der Waals surface area contributed by atoms with Crippen LogP contribution in [0.15, 0.2) is 73.3 Å². The van der Waals surface area contributed by atoms with Gasteiger partial charge in [-0.2, -0.15) is 0 Å². The summed E-state index contributed by atoms with van der Waals surface area (Å²) in [4.78, 5) is 32.3. The zero-order valence-electron chi connectivity index (χ0n) is 13.9. The number of esters is 1. The van der Waals surface area contributed by atoms with Crippen molar-refractivity contribution in [3.05, 3.63) is 78.9 Å². The zero-order valence-corrected chi connectivity index (χ0v) is 13.9. The van der Waals surface area contributed by atoms with E-state index in [2.05, 4.69) is 22.4 Å². The maximum atomic E-state index is 11.7. The van der Waals surface area contributed by atoms with Gasteiger partial charge in [0.1, 0.15) is 18.2 Å². The molecule has 0 heterocycles. The van der Waals surface area contributed by atoms with Gasteiger partial charge in [-0.1, -0.05) is 36.9 Å². The molecule has 0 saturated carbocycles. The van der Waals surface area contributed by atoms with Crippen LogP contribution in [0.1, 0.15) is 5.56 Å². The van der Waals surface area contributed by atoms with Gasteiger partial charge in [0.05, 0.1) is 0 Å². The van der Waals surface area contributed by atoms with Crippen LogP contribution in [-0.4, -0.2) is 18.6 Å². The van der Waals surface area contributed by atoms with Crippen LogP contribution in [0.25, 0.3) is 6.08 Å². The van der Waals surface area contributed by atoms with Crippen molar-refractivity contribution >= 4 is 18.0 Å². The third-order valence-corrected chi connectivity index (χ3v) is 2.93. The number of benzene rings is 2. The Hall–Kier alpha value is -3.42. The number of para-hydroxylation sites is 1. The van der Waals surface area contributed by atoms with Crippen molar-refractivity contribution in [3.8, 4) is 11.5 Å². The van der Waals surface area contributed by atoms with E-state index in [1.807, 2.05) is 6.07 Å². The fraction of sp³-hybridized carbons (Fsp3) is 0.0526. The van der Waals surface area contributed by atoms with Crippen molar-refractivity contribution in [2.75, 3.05) is 6.67 Å². The number of hydrogen-bond acceptors (Lipinski definition) is 7. The normalized spacial score (nSPS) is 10.3. The SMILES string of the molecule is C=CC(=O)ONCNOc1ccc(/C=C/C(=O)Oc2ccccc2)cc1. The summed E-state index contributed by atoms with van der Waals surface area (Å²) in [5, 5.41) is 0. The lowest BCUT2D eigenvalue weighted by molar-refractivity contribution is -0.146. The second-order valence-corrected chi connectivity index (χ2v) is 4.83. The molecule has 0 bridgehead atoms. The Morgan fingerprint density at radius 2 is 1.65 bits per heavy atom. The second kappa shape index (κ2) is 10.4. The average molecular weight is 354 g/mol. The topological polar surface area (TPSA) is 85.9 Å². The van der Waals surface area contributed by atoms with Gasteiger partial charge < -0.3 is 14.4 Å². The van der Waals surface area contributed by atoms with Crippen LogP contribution in [0.3, 0.4) is 0 Å². The smallest absolute Gasteiger partial charge is 0.348 e. The van der Waals surface area contributed by atoms with Gasteiger partial charge in [-0.05, 0) is 35.9 Å². The maximum Gasteiger partial charge on any atom is 0.348 e. The van der Waals surface area contributed by atoms with Crippen LogP contribution < -0.4 is 20.5 Å². The van der Waals surface area contributed by atoms with Crippen LogP contribution in [-0.2, 0) is 14.4 Å². The fourth-order valence-corrected chi connectivity index (χ4v) is 1.75. The molecule has 7 heteroatoms. The molecule has 26 heavy (non-hydrogen) atoms. The van der Waals surface area contributed by atoms with Gasteiger partial charge >= 0.3 is 11.9 Å². The molecule has 0 atom stereocenters. The van der Waals surface area contributed by atoms with Gasteiger partial charge in [0.15, 0.2) is 0 Å². The summed E-state index contributed by atoms with van der Waals surface area (Å²) < 4.78 is 5.15. The summed E-state index contributed by atoms with van der Waals surface area (Å²) >= 11 is 0. The van der Waals surface area contributed by atoms with E-state index in [-0.39, 0.29) is 6.67 Å². The quantitative estimate of drug-likeness (QED) is 0.179. The van der Waals surface area contributed by atoms with Crippen LogP contribution in [0, 0.1) is 0 Å². The minimum atomic E-state index is -0.589. The molecule has 2 aromatic rings. The Morgan fingerprint density at radius 3 is 2.35 bits per heavy atom. The van der Waals surface area contributed by atoms with Crippen molar-refractivity contribution in [2.24, 2.45) is 0 Å². The molecule has 0 fully saturated rings. The van der Waals surface area contributed by atoms with Crippen molar-refractivity contribution in [2.45, 2.75) is 0 Å². The van der Waals surface area contributed by atoms with E-state index < -0.39 is 11.9 Å². The number of carbonyl (C=O) groups excluding carboxylic acids is 2. The summed E-state index contributed by atoms with van der Waals surface area (Å²) in [5.41, 5.74) is 5.72. The van der Waals surface area contributed by atoms with Gasteiger partial charge in [-0.15, -0.1) is 11.0 Å². The van der Waals surface area contributed by atoms with E-state index in [0.717, 1.165) is 11.6 Å². The lowest BCUT2D eigenvalue weighted by Gasteiger charge is -2.07. The number of rotatable bonds is 9. The highest BCUT2D eigenvalue weighted by Crippen LogP contribution is 2.13. The van der Waals surface area contributed by atoms with Crippen molar-refractivity contribution in [1.29, 1.82) is 0 Å². The van der Waals surface area contributed by atoms with E-state index in [1.54, 1.807) is 54.6 Å². The summed E-state index contributed by atoms with van der Waals surface area (Å²) in [7, 11) is 0. The molecule has 0 spiro atoms. The van der Waals surface area contributed by atoms with Crippen LogP contribution in [0.4, 0.5) is 0 Å². The molecule has 2 rings (SSSR count). The highest BCUT2D eigenvalue weighted by molar-refractivity contribution is 5.88. The highest BCUT2D eigenvalue weighted by atomic mass is 16.7. The van der Waals surface area contributed by atoms with Crippen molar-refractivity contribution < 1.29 is 24.0 Å². The molecule has 2 aromatic carbocycles. The Kier molecular flexibility index (Phi) is 7.60. The first-order valence-electron chi connectivity index (χ1n) is 7.68. The molecule has 0 amide bonds. The number of carbonyl (C=O) groups is 2. The number of hydroxylamine groups is 2. The minimum Gasteiger partial charge on any atom is -0.423 e. The van der Waals surface area contributed by atoms with Crippen LogP contribution in [0.5, 0.6) is 11.5 Å². The van der Waals surface area contributed by atoms with Crippen LogP contribution >= 0.6 is 0 Å². The third-order valence-electron chi connectivity index (χ3n) is 2.93. The summed E-state index contributed by atoms with van der Waals surface area (Å²) in [6.07, 6.45) is 4.02. The van der Waals surface area contributed by atoms with E-state index in [1.165, 1.54) is 6.08 Å². The van der Waals surface area contributed by atoms with E-state index >= 15 is 0 Å². The van der Waals surface area contributed by atoms with Gasteiger partial charge in [-0.25, -0.2) is 9.59 Å². The molecule has 0 aliphatic heterocycles. The van der Waals surface area contributed by atoms with E-state index in [9.17, 15) is 9.59 Å². The zero-order chi connectivity index (χ0) is 18.6. The van der Waals surface area contributed by atoms with Gasteiger partial charge in [0, 0.05) is 12.2 Å². The number of nitrogens with one attached hydrogen (secondary N) is 2. The molecular formula is C19H18N2O5. The monoisotopic (exact) mass is 354 g/mol. The number of hydrogen-bond donors (Lipinski definition) is 2. The first-order valence-corrected chi connectivity index (χ1v) is 7.68. The molecule has 0 aromatic heterocycles. The lowest BCUT2D eigenvalue weighted by Crippen LogP contribution is -2.32. The van der Waals surface area contributed by atoms with Gasteiger partial charge in [0.25, 0.3) is 0 Å². The molecule has 7 nitrogen and oxygen atoms in total. The van der Waals surface area contributed by atoms with E-state index in [4.69, 9.17) is 9.57 Å². The molecule has 0 radical (unpaired) electrons. The fourth-order valence-electron chi connectivity index (χ4n) is 1.75. The first-order chi connectivity index (χ1) is 12.7. The molecular weight excluding hydrogens is 336 g/mol. The molecule has 0 unspecified atom stereocenters. The minimum absolute atomic E-state index is 0.0898. The highest BCUT2D eigenvalue weighted by Gasteiger charge is 2.00. The third kappa shape index (κ3) is 7.00. The van der Waals surface area contributed by atoms with E-state index in [0.29, 0.717) is 11.5 Å². The predicted molar refractivity (Wildman–Crippen MR) is 95.6 cm³/mol. The van der Waals surface area contributed by atoms with Crippen LogP contribution in [0.2, 0.25) is 0 Å². The largest absolute Gasteiger partial charge is 0.423 e. The van der Waals surface area contributed by atoms with Crippen molar-refractivity contribution in [1.82, 2.24) is 11.0 Å². The Balaban J connectivity index is 1.73. The Morgan fingerprint density at radius 1 is 0.923 bits per heavy atom. The summed E-state index contributed by atoms with van der Waals surface area (Å²) in [6, 6.07) is 15.8. The van der Waals surface area contributed by atoms with Gasteiger partial charge in [-0.3, -0.25) is 0 Å². The molecule has 0 aliphatic carbocycles. The lowest BCUT2D eigenvalue weighted by atomic mass is 10.2. The second-order valence-electron chi connectivity index (χ2n) is 4.83. The standard InChI is InChI=1S/C19H18N2O5/c1-2-18(22)26-21-14-20-25-17-11-8-15(9-12-17)10-13-19(23)24-16-6-4-3-5-7-16/h2-13,20-21H,1,14H2/b13-10+. The molecule has 2 N–H and O–H groups in total. The Bertz CT molecular complexity index is 757. The maximum absolute atomic E-state index is 11.7. The average Bonchev–Trinajstić information content (AvgIpc) is 2.67. The molecule has 0 aliphatic rings. The summed E-state index contributed by atoms with van der Waals surface area (Å²) in [5.74, 6) is -0.0118. The first kappa shape index (κ1) is 18.9. The Labute approximate surface area is 150 Å². The number of ether oxygens (including phenoxy) is 1. The summed E-state index contributed by atoms with van der Waals surface area (Å²) in [6.45, 7) is 3.35. The van der Waals surface area contributed by atoms with Gasteiger partial charge in [0.2, 0.25) is 0 Å². The molecule has 0 saturated heterocycles. The predicted octanol–water partition coefficient (Wildman–Crippen LogP) is 2.38. The van der Waals surface area contributed by atoms with Crippen molar-refractivity contribution in [3.63, 3.8) is 0 Å².